The van der Waals surface area contributed by atoms with Crippen molar-refractivity contribution in [2.75, 3.05) is 13.3 Å². The van der Waals surface area contributed by atoms with Gasteiger partial charge in [-0.15, -0.1) is 0 Å². The molecule has 0 spiro atoms. The third-order valence-electron chi connectivity index (χ3n) is 5.11. The number of hydrogen-bond donors (Lipinski definition) is 2. The van der Waals surface area contributed by atoms with Gasteiger partial charge in [0.05, 0.1) is 24.3 Å². The Morgan fingerprint density at radius 1 is 1.11 bits per heavy atom. The summed E-state index contributed by atoms with van der Waals surface area (Å²) in [6.07, 6.45) is 6.59. The molecule has 0 aromatic heterocycles. The van der Waals surface area contributed by atoms with Crippen LogP contribution in [-0.4, -0.2) is 51.8 Å². The zero-order valence-corrected chi connectivity index (χ0v) is 16.9. The summed E-state index contributed by atoms with van der Waals surface area (Å²) in [6.45, 7) is 0.557. The Kier molecular flexibility index (Phi) is 10.0. The fourth-order valence-electron chi connectivity index (χ4n) is 3.60. The molecule has 1 aromatic rings. The van der Waals surface area contributed by atoms with Gasteiger partial charge in [0.2, 0.25) is 0 Å². The van der Waals surface area contributed by atoms with Crippen molar-refractivity contribution < 1.29 is 19.8 Å². The lowest BCUT2D eigenvalue weighted by atomic mass is 9.97. The topological polar surface area (TPSA) is 96.3 Å². The first kappa shape index (κ1) is 22.9. The highest BCUT2D eigenvalue weighted by molar-refractivity contribution is 6.32. The lowest BCUT2D eigenvalue weighted by Gasteiger charge is -2.31. The van der Waals surface area contributed by atoms with Crippen LogP contribution < -0.4 is 4.74 Å². The minimum atomic E-state index is -0.768. The van der Waals surface area contributed by atoms with Gasteiger partial charge in [-0.2, -0.15) is 5.06 Å². The van der Waals surface area contributed by atoms with Crippen molar-refractivity contribution >= 4 is 17.6 Å². The van der Waals surface area contributed by atoms with E-state index in [1.807, 2.05) is 18.2 Å². The van der Waals surface area contributed by atoms with Gasteiger partial charge in [-0.3, -0.25) is 4.79 Å². The van der Waals surface area contributed by atoms with Crippen LogP contribution in [0.2, 0.25) is 5.02 Å². The molecular formula is C20H30ClN2O5-. The van der Waals surface area contributed by atoms with Crippen LogP contribution in [0.15, 0.2) is 24.3 Å². The number of unbranched alkanes of at least 4 members (excludes halogenated alkanes) is 4. The Hall–Kier alpha value is -1.38. The van der Waals surface area contributed by atoms with Gasteiger partial charge >= 0.3 is 5.97 Å². The van der Waals surface area contributed by atoms with E-state index in [4.69, 9.17) is 21.4 Å². The van der Waals surface area contributed by atoms with Gasteiger partial charge in [-0.1, -0.05) is 43.0 Å². The maximum Gasteiger partial charge on any atom is 0.303 e. The van der Waals surface area contributed by atoms with Crippen LogP contribution in [0.1, 0.15) is 57.8 Å². The second kappa shape index (κ2) is 12.2. The van der Waals surface area contributed by atoms with Gasteiger partial charge in [0.15, 0.2) is 0 Å². The minimum absolute atomic E-state index is 0.0183. The van der Waals surface area contributed by atoms with E-state index in [2.05, 4.69) is 0 Å². The van der Waals surface area contributed by atoms with Crippen LogP contribution in [0, 0.1) is 5.21 Å². The Bertz CT molecular complexity index is 604. The van der Waals surface area contributed by atoms with Crippen LogP contribution in [0.5, 0.6) is 5.75 Å². The number of hydrogen-bond acceptors (Lipinski definition) is 6. The Morgan fingerprint density at radius 3 is 2.54 bits per heavy atom. The fraction of sp³-hybridized carbons (Fsp3) is 0.650. The highest BCUT2D eigenvalue weighted by Crippen LogP contribution is 2.27. The summed E-state index contributed by atoms with van der Waals surface area (Å²) in [6, 6.07) is 6.96. The van der Waals surface area contributed by atoms with Crippen molar-refractivity contribution in [2.45, 2.75) is 69.9 Å². The molecule has 0 bridgehead atoms. The van der Waals surface area contributed by atoms with Crippen molar-refractivity contribution in [3.05, 3.63) is 34.5 Å². The molecule has 8 heteroatoms. The molecule has 28 heavy (non-hydrogen) atoms. The molecule has 7 nitrogen and oxygen atoms in total. The van der Waals surface area contributed by atoms with Crippen molar-refractivity contribution in [1.29, 1.82) is 0 Å². The highest BCUT2D eigenvalue weighted by atomic mass is 35.5. The van der Waals surface area contributed by atoms with Gasteiger partial charge in [-0.25, -0.2) is 0 Å². The largest absolute Gasteiger partial charge is 0.784 e. The summed E-state index contributed by atoms with van der Waals surface area (Å²) in [5.41, 5.74) is 0. The van der Waals surface area contributed by atoms with E-state index in [1.54, 1.807) is 6.07 Å². The third kappa shape index (κ3) is 7.56. The summed E-state index contributed by atoms with van der Waals surface area (Å²) >= 11 is 6.06. The summed E-state index contributed by atoms with van der Waals surface area (Å²) < 4.78 is 5.67. The number of hydroxylamine groups is 4. The predicted octanol–water partition coefficient (Wildman–Crippen LogP) is 4.51. The maximum atomic E-state index is 12.1. The summed E-state index contributed by atoms with van der Waals surface area (Å²) in [7, 11) is 0. The molecule has 1 saturated heterocycles. The average molecular weight is 414 g/mol. The molecule has 1 fully saturated rings. The maximum absolute atomic E-state index is 12.1. The molecule has 2 unspecified atom stereocenters. The van der Waals surface area contributed by atoms with Crippen LogP contribution in [0.25, 0.3) is 0 Å². The van der Waals surface area contributed by atoms with Gasteiger partial charge in [0.25, 0.3) is 0 Å². The molecule has 158 valence electrons. The molecule has 0 radical (unpaired) electrons. The van der Waals surface area contributed by atoms with E-state index < -0.39 is 5.97 Å². The van der Waals surface area contributed by atoms with E-state index in [1.165, 1.54) is 0 Å². The molecule has 2 atom stereocenters. The molecule has 0 aliphatic carbocycles. The average Bonchev–Trinajstić information content (AvgIpc) is 2.92. The summed E-state index contributed by atoms with van der Waals surface area (Å²) in [4.78, 5) is 10.5. The van der Waals surface area contributed by atoms with E-state index in [9.17, 15) is 15.2 Å². The summed E-state index contributed by atoms with van der Waals surface area (Å²) in [5.74, 6) is -0.101. The van der Waals surface area contributed by atoms with Crippen LogP contribution >= 0.6 is 11.6 Å². The van der Waals surface area contributed by atoms with Crippen molar-refractivity contribution in [3.63, 3.8) is 0 Å². The van der Waals surface area contributed by atoms with Crippen LogP contribution in [0.4, 0.5) is 0 Å². The number of halogens is 1. The number of ether oxygens (including phenoxy) is 1. The number of carboxylic acid groups (broad SMARTS) is 1. The van der Waals surface area contributed by atoms with E-state index in [-0.39, 0.29) is 25.2 Å². The Labute approximate surface area is 171 Å². The lowest BCUT2D eigenvalue weighted by molar-refractivity contribution is -0.137. The number of para-hydroxylation sites is 1. The molecule has 1 heterocycles. The van der Waals surface area contributed by atoms with E-state index in [0.717, 1.165) is 48.7 Å². The van der Waals surface area contributed by atoms with E-state index >= 15 is 0 Å². The number of rotatable bonds is 13. The number of benzene rings is 1. The fourth-order valence-corrected chi connectivity index (χ4v) is 3.79. The first-order valence-electron chi connectivity index (χ1n) is 9.97. The quantitative estimate of drug-likeness (QED) is 0.459. The zero-order valence-electron chi connectivity index (χ0n) is 16.1. The minimum Gasteiger partial charge on any atom is -0.784 e. The molecule has 2 N–H and O–H groups in total. The van der Waals surface area contributed by atoms with Crippen LogP contribution in [-0.2, 0) is 4.79 Å². The Morgan fingerprint density at radius 2 is 1.79 bits per heavy atom. The second-order valence-corrected chi connectivity index (χ2v) is 7.66. The molecule has 0 saturated carbocycles. The first-order valence-corrected chi connectivity index (χ1v) is 10.3. The second-order valence-electron chi connectivity index (χ2n) is 7.25. The molecule has 1 aromatic carbocycles. The normalized spacial score (nSPS) is 20.5. The van der Waals surface area contributed by atoms with E-state index in [0.29, 0.717) is 30.2 Å². The molecule has 1 aliphatic heterocycles. The zero-order chi connectivity index (χ0) is 20.4. The Balaban J connectivity index is 1.65. The monoisotopic (exact) mass is 413 g/mol. The van der Waals surface area contributed by atoms with Crippen LogP contribution in [0.3, 0.4) is 0 Å². The molecule has 2 rings (SSSR count). The lowest BCUT2D eigenvalue weighted by Crippen LogP contribution is -2.35. The number of carbonyl (C=O) groups is 1. The van der Waals surface area contributed by atoms with Crippen molar-refractivity contribution in [2.24, 2.45) is 0 Å². The molecule has 0 amide bonds. The third-order valence-corrected chi connectivity index (χ3v) is 5.42. The number of carboxylic acids is 1. The first-order chi connectivity index (χ1) is 13.5. The van der Waals surface area contributed by atoms with Gasteiger partial charge < -0.3 is 25.3 Å². The van der Waals surface area contributed by atoms with Gasteiger partial charge in [0, 0.05) is 12.5 Å². The number of aliphatic carboxylic acids is 1. The van der Waals surface area contributed by atoms with Gasteiger partial charge in [0.1, 0.15) is 5.75 Å². The smallest absolute Gasteiger partial charge is 0.303 e. The summed E-state index contributed by atoms with van der Waals surface area (Å²) in [5, 5.41) is 33.5. The predicted molar refractivity (Wildman–Crippen MR) is 107 cm³/mol. The standard InChI is InChI=1S/C20H30ClN2O5/c21-16-9-5-6-12-19(16)28-14-8-7-11-18-17(22(26)15-23(18)27)10-3-1-2-4-13-20(24)25/h5-6,9,12,17-18,27H,1-4,7-8,10-11,13-15H2,(H,24,25)/q-1. The highest BCUT2D eigenvalue weighted by Gasteiger charge is 2.33. The number of nitrogens with zero attached hydrogens (tertiary/aromatic N) is 2. The van der Waals surface area contributed by atoms with Crippen molar-refractivity contribution in [3.8, 4) is 5.75 Å². The molecular weight excluding hydrogens is 384 g/mol. The molecule has 1 aliphatic rings. The van der Waals surface area contributed by atoms with Gasteiger partial charge in [-0.05, 0) is 44.2 Å². The SMILES string of the molecule is O=C(O)CCCCCCC1C(CCCCOc2ccccc2Cl)N(O)CN1[O-]. The van der Waals surface area contributed by atoms with Crippen molar-refractivity contribution in [1.82, 2.24) is 10.1 Å².